The van der Waals surface area contributed by atoms with Gasteiger partial charge in [0.05, 0.1) is 0 Å². The second kappa shape index (κ2) is 5.53. The van der Waals surface area contributed by atoms with Gasteiger partial charge < -0.3 is 5.32 Å². The molecule has 0 saturated carbocycles. The van der Waals surface area contributed by atoms with Gasteiger partial charge in [-0.25, -0.2) is 5.48 Å². The highest BCUT2D eigenvalue weighted by Crippen LogP contribution is 2.13. The third-order valence-electron chi connectivity index (χ3n) is 2.08. The van der Waals surface area contributed by atoms with Crippen LogP contribution in [0.2, 0.25) is 0 Å². The van der Waals surface area contributed by atoms with E-state index >= 15 is 0 Å². The van der Waals surface area contributed by atoms with Gasteiger partial charge in [-0.3, -0.25) is 4.84 Å². The Morgan fingerprint density at radius 3 is 2.71 bits per heavy atom. The van der Waals surface area contributed by atoms with Gasteiger partial charge in [0.25, 0.3) is 0 Å². The van der Waals surface area contributed by atoms with E-state index in [4.69, 9.17) is 0 Å². The third-order valence-corrected chi connectivity index (χ3v) is 2.08. The van der Waals surface area contributed by atoms with Crippen molar-refractivity contribution in [3.05, 3.63) is 0 Å². The minimum atomic E-state index is -4.26. The van der Waals surface area contributed by atoms with Crippen LogP contribution >= 0.6 is 0 Å². The average molecular weight is 212 g/mol. The Hall–Kier alpha value is -0.330. The summed E-state index contributed by atoms with van der Waals surface area (Å²) in [4.78, 5) is 4.29. The highest BCUT2D eigenvalue weighted by Gasteiger charge is 2.27. The van der Waals surface area contributed by atoms with Gasteiger partial charge in [0, 0.05) is 12.6 Å². The molecule has 84 valence electrons. The molecule has 0 spiro atoms. The minimum absolute atomic E-state index is 0.233. The summed E-state index contributed by atoms with van der Waals surface area (Å²) in [7, 11) is 0. The van der Waals surface area contributed by atoms with Crippen LogP contribution in [0, 0.1) is 0 Å². The van der Waals surface area contributed by atoms with Crippen molar-refractivity contribution in [2.75, 3.05) is 19.7 Å². The number of hydroxylamine groups is 1. The van der Waals surface area contributed by atoms with E-state index in [0.717, 1.165) is 25.8 Å². The van der Waals surface area contributed by atoms with Crippen LogP contribution in [-0.4, -0.2) is 31.9 Å². The summed E-state index contributed by atoms with van der Waals surface area (Å²) >= 11 is 0. The summed E-state index contributed by atoms with van der Waals surface area (Å²) in [5.74, 6) is 0. The molecular weight excluding hydrogens is 197 g/mol. The zero-order valence-corrected chi connectivity index (χ0v) is 7.86. The van der Waals surface area contributed by atoms with Crippen LogP contribution in [0.15, 0.2) is 0 Å². The standard InChI is InChI=1S/C8H15F3N2O/c9-8(10,11)6-14-13-5-7-3-1-2-4-12-7/h7,12-13H,1-6H2. The van der Waals surface area contributed by atoms with E-state index in [-0.39, 0.29) is 6.04 Å². The van der Waals surface area contributed by atoms with Gasteiger partial charge in [-0.2, -0.15) is 13.2 Å². The van der Waals surface area contributed by atoms with Crippen molar-refractivity contribution in [3.8, 4) is 0 Å². The third kappa shape index (κ3) is 5.41. The SMILES string of the molecule is FC(F)(F)CONCC1CCCCN1. The van der Waals surface area contributed by atoms with Crippen LogP contribution < -0.4 is 10.8 Å². The number of halogens is 3. The Kier molecular flexibility index (Phi) is 4.64. The number of alkyl halides is 3. The Bertz CT molecular complexity index is 157. The van der Waals surface area contributed by atoms with E-state index in [1.165, 1.54) is 0 Å². The molecule has 1 rings (SSSR count). The highest BCUT2D eigenvalue weighted by molar-refractivity contribution is 4.72. The molecule has 6 heteroatoms. The average Bonchev–Trinajstić information content (AvgIpc) is 2.13. The second-order valence-electron chi connectivity index (χ2n) is 3.40. The monoisotopic (exact) mass is 212 g/mol. The lowest BCUT2D eigenvalue weighted by molar-refractivity contribution is -0.189. The molecule has 0 aliphatic carbocycles. The van der Waals surface area contributed by atoms with E-state index in [1.807, 2.05) is 0 Å². The summed E-state index contributed by atoms with van der Waals surface area (Å²) in [5.41, 5.74) is 2.33. The molecule has 14 heavy (non-hydrogen) atoms. The van der Waals surface area contributed by atoms with Gasteiger partial charge in [0.2, 0.25) is 0 Å². The topological polar surface area (TPSA) is 33.3 Å². The van der Waals surface area contributed by atoms with Crippen LogP contribution in [0.25, 0.3) is 0 Å². The van der Waals surface area contributed by atoms with Crippen molar-refractivity contribution in [2.45, 2.75) is 31.5 Å². The first-order valence-corrected chi connectivity index (χ1v) is 4.73. The molecule has 0 radical (unpaired) electrons. The first-order valence-electron chi connectivity index (χ1n) is 4.73. The summed E-state index contributed by atoms with van der Waals surface area (Å²) in [6.07, 6.45) is -1.01. The lowest BCUT2D eigenvalue weighted by atomic mass is 10.1. The highest BCUT2D eigenvalue weighted by atomic mass is 19.4. The molecule has 2 N–H and O–H groups in total. The van der Waals surface area contributed by atoms with Crippen molar-refractivity contribution in [2.24, 2.45) is 0 Å². The molecule has 0 aromatic rings. The van der Waals surface area contributed by atoms with E-state index < -0.39 is 12.8 Å². The number of piperidine rings is 1. The van der Waals surface area contributed by atoms with Gasteiger partial charge in [0.15, 0.2) is 6.61 Å². The fourth-order valence-corrected chi connectivity index (χ4v) is 1.39. The lowest BCUT2D eigenvalue weighted by Crippen LogP contribution is -2.42. The summed E-state index contributed by atoms with van der Waals surface area (Å²) in [6.45, 7) is 0.126. The van der Waals surface area contributed by atoms with Crippen molar-refractivity contribution in [1.29, 1.82) is 0 Å². The van der Waals surface area contributed by atoms with Gasteiger partial charge in [-0.1, -0.05) is 6.42 Å². The maximum atomic E-state index is 11.6. The fraction of sp³-hybridized carbons (Fsp3) is 1.00. The summed E-state index contributed by atoms with van der Waals surface area (Å²) in [6, 6.07) is 0.233. The largest absolute Gasteiger partial charge is 0.413 e. The molecule has 1 aliphatic heterocycles. The van der Waals surface area contributed by atoms with Crippen molar-refractivity contribution >= 4 is 0 Å². The predicted octanol–water partition coefficient (Wildman–Crippen LogP) is 1.21. The van der Waals surface area contributed by atoms with Gasteiger partial charge in [-0.15, -0.1) is 0 Å². The summed E-state index contributed by atoms with van der Waals surface area (Å²) < 4.78 is 34.9. The number of nitrogens with one attached hydrogen (secondary N) is 2. The molecule has 1 saturated heterocycles. The Morgan fingerprint density at radius 2 is 2.14 bits per heavy atom. The number of hydrogen-bond donors (Lipinski definition) is 2. The Labute approximate surface area is 81.0 Å². The van der Waals surface area contributed by atoms with Crippen molar-refractivity contribution < 1.29 is 18.0 Å². The normalized spacial score (nSPS) is 23.8. The van der Waals surface area contributed by atoms with Gasteiger partial charge >= 0.3 is 6.18 Å². The molecule has 1 fully saturated rings. The molecule has 0 bridgehead atoms. The maximum Gasteiger partial charge on any atom is 0.413 e. The molecule has 1 aliphatic rings. The van der Waals surface area contributed by atoms with Gasteiger partial charge in [0.1, 0.15) is 0 Å². The number of rotatable bonds is 4. The zero-order valence-electron chi connectivity index (χ0n) is 7.86. The van der Waals surface area contributed by atoms with E-state index in [2.05, 4.69) is 15.6 Å². The van der Waals surface area contributed by atoms with Crippen molar-refractivity contribution in [1.82, 2.24) is 10.8 Å². The Balaban J connectivity index is 1.97. The molecule has 1 heterocycles. The molecule has 0 amide bonds. The molecule has 1 unspecified atom stereocenters. The van der Waals surface area contributed by atoms with E-state index in [9.17, 15) is 13.2 Å². The van der Waals surface area contributed by atoms with Crippen LogP contribution in [0.5, 0.6) is 0 Å². The fourth-order valence-electron chi connectivity index (χ4n) is 1.39. The minimum Gasteiger partial charge on any atom is -0.313 e. The maximum absolute atomic E-state index is 11.6. The smallest absolute Gasteiger partial charge is 0.313 e. The molecular formula is C8H15F3N2O. The number of hydrogen-bond acceptors (Lipinski definition) is 3. The predicted molar refractivity (Wildman–Crippen MR) is 45.7 cm³/mol. The van der Waals surface area contributed by atoms with Crippen molar-refractivity contribution in [3.63, 3.8) is 0 Å². The van der Waals surface area contributed by atoms with Gasteiger partial charge in [-0.05, 0) is 19.4 Å². The zero-order chi connectivity index (χ0) is 10.4. The first kappa shape index (κ1) is 11.7. The summed E-state index contributed by atoms with van der Waals surface area (Å²) in [5, 5.41) is 3.19. The van der Waals surface area contributed by atoms with E-state index in [1.54, 1.807) is 0 Å². The quantitative estimate of drug-likeness (QED) is 0.543. The second-order valence-corrected chi connectivity index (χ2v) is 3.40. The van der Waals surface area contributed by atoms with E-state index in [0.29, 0.717) is 6.54 Å². The molecule has 0 aromatic heterocycles. The Morgan fingerprint density at radius 1 is 1.36 bits per heavy atom. The van der Waals surface area contributed by atoms with Crippen LogP contribution in [-0.2, 0) is 4.84 Å². The molecule has 1 atom stereocenters. The van der Waals surface area contributed by atoms with Crippen LogP contribution in [0.4, 0.5) is 13.2 Å². The van der Waals surface area contributed by atoms with Crippen LogP contribution in [0.1, 0.15) is 19.3 Å². The molecule has 3 nitrogen and oxygen atoms in total. The van der Waals surface area contributed by atoms with Crippen LogP contribution in [0.3, 0.4) is 0 Å². The lowest BCUT2D eigenvalue weighted by Gasteiger charge is -2.23. The first-order chi connectivity index (χ1) is 6.58. The molecule has 0 aromatic carbocycles.